The van der Waals surface area contributed by atoms with E-state index in [2.05, 4.69) is 75.4 Å². The zero-order valence-corrected chi connectivity index (χ0v) is 19.0. The normalized spacial score (nSPS) is 18.9. The molecule has 2 aliphatic rings. The van der Waals surface area contributed by atoms with E-state index in [4.69, 9.17) is 12.2 Å². The number of thioether (sulfide) groups is 1. The minimum absolute atomic E-state index is 0.120. The summed E-state index contributed by atoms with van der Waals surface area (Å²) in [7, 11) is 2.18. The maximum absolute atomic E-state index is 12.0. The Bertz CT molecular complexity index is 1170. The first-order valence-corrected chi connectivity index (χ1v) is 11.6. The maximum Gasteiger partial charge on any atom is 0.263 e. The Kier molecular flexibility index (Phi) is 5.56. The number of hydrogen-bond acceptors (Lipinski definition) is 5. The van der Waals surface area contributed by atoms with Crippen LogP contribution in [0.25, 0.3) is 17.0 Å². The van der Waals surface area contributed by atoms with Crippen LogP contribution in [0.3, 0.4) is 0 Å². The number of aromatic nitrogens is 1. The van der Waals surface area contributed by atoms with Crippen LogP contribution in [-0.2, 0) is 11.3 Å². The van der Waals surface area contributed by atoms with Gasteiger partial charge in [0.15, 0.2) is 0 Å². The first-order valence-electron chi connectivity index (χ1n) is 10.4. The molecule has 31 heavy (non-hydrogen) atoms. The molecule has 3 aromatic rings. The first-order chi connectivity index (χ1) is 15.0. The van der Waals surface area contributed by atoms with E-state index in [0.717, 1.165) is 43.8 Å². The Morgan fingerprint density at radius 2 is 1.84 bits per heavy atom. The van der Waals surface area contributed by atoms with Crippen LogP contribution in [0, 0.1) is 0 Å². The highest BCUT2D eigenvalue weighted by atomic mass is 32.2. The molecule has 0 radical (unpaired) electrons. The highest BCUT2D eigenvalue weighted by molar-refractivity contribution is 8.26. The number of amides is 1. The number of piperazine rings is 1. The van der Waals surface area contributed by atoms with E-state index >= 15 is 0 Å². The zero-order valence-electron chi connectivity index (χ0n) is 17.4. The lowest BCUT2D eigenvalue weighted by molar-refractivity contribution is -0.115. The van der Waals surface area contributed by atoms with E-state index in [0.29, 0.717) is 9.23 Å². The van der Waals surface area contributed by atoms with Gasteiger partial charge in [-0.05, 0) is 53.9 Å². The minimum Gasteiger partial charge on any atom is -0.369 e. The third-order valence-electron chi connectivity index (χ3n) is 5.90. The van der Waals surface area contributed by atoms with Crippen LogP contribution in [0.5, 0.6) is 0 Å². The van der Waals surface area contributed by atoms with Crippen LogP contribution in [0.15, 0.2) is 59.6 Å². The van der Waals surface area contributed by atoms with E-state index in [1.807, 2.05) is 12.1 Å². The van der Waals surface area contributed by atoms with Gasteiger partial charge in [-0.2, -0.15) is 0 Å². The number of likely N-dealkylation sites (N-methyl/N-ethyl adjacent to an activating group) is 1. The van der Waals surface area contributed by atoms with Crippen LogP contribution in [0.2, 0.25) is 0 Å². The summed E-state index contributed by atoms with van der Waals surface area (Å²) < 4.78 is 2.77. The topological polar surface area (TPSA) is 40.5 Å². The van der Waals surface area contributed by atoms with E-state index in [9.17, 15) is 4.79 Å². The van der Waals surface area contributed by atoms with Crippen molar-refractivity contribution in [3.05, 3.63) is 70.8 Å². The fourth-order valence-electron chi connectivity index (χ4n) is 4.07. The number of rotatable bonds is 4. The monoisotopic (exact) mass is 448 g/mol. The number of nitrogens with one attached hydrogen (secondary N) is 1. The van der Waals surface area contributed by atoms with Crippen LogP contribution >= 0.6 is 24.0 Å². The Balaban J connectivity index is 1.35. The van der Waals surface area contributed by atoms with E-state index in [1.165, 1.54) is 28.4 Å². The molecule has 3 heterocycles. The van der Waals surface area contributed by atoms with Crippen LogP contribution in [0.1, 0.15) is 11.1 Å². The van der Waals surface area contributed by atoms with Crippen molar-refractivity contribution in [2.45, 2.75) is 6.54 Å². The molecule has 2 aliphatic heterocycles. The van der Waals surface area contributed by atoms with Gasteiger partial charge in [0.1, 0.15) is 4.32 Å². The van der Waals surface area contributed by atoms with Crippen molar-refractivity contribution >= 4 is 56.9 Å². The van der Waals surface area contributed by atoms with Gasteiger partial charge in [-0.15, -0.1) is 0 Å². The zero-order chi connectivity index (χ0) is 21.4. The Labute approximate surface area is 191 Å². The smallest absolute Gasteiger partial charge is 0.263 e. The molecule has 2 saturated heterocycles. The molecule has 5 rings (SSSR count). The molecule has 0 unspecified atom stereocenters. The SMILES string of the molecule is CN1CCN(c2ccc(Cn3ccc4ccc(C=C5SC(=S)NC5=O)cc43)cc2)CC1. The molecule has 0 bridgehead atoms. The van der Waals surface area contributed by atoms with Gasteiger partial charge in [0.25, 0.3) is 5.91 Å². The van der Waals surface area contributed by atoms with Crippen molar-refractivity contribution < 1.29 is 4.79 Å². The van der Waals surface area contributed by atoms with E-state index < -0.39 is 0 Å². The number of fused-ring (bicyclic) bond motifs is 1. The third-order valence-corrected chi connectivity index (χ3v) is 7.06. The highest BCUT2D eigenvalue weighted by Gasteiger charge is 2.22. The second-order valence-corrected chi connectivity index (χ2v) is 9.79. The molecule has 0 aliphatic carbocycles. The average Bonchev–Trinajstić information content (AvgIpc) is 3.31. The Morgan fingerprint density at radius 1 is 1.06 bits per heavy atom. The summed E-state index contributed by atoms with van der Waals surface area (Å²) in [5.74, 6) is -0.120. The molecule has 158 valence electrons. The van der Waals surface area contributed by atoms with Crippen molar-refractivity contribution in [1.29, 1.82) is 0 Å². The summed E-state index contributed by atoms with van der Waals surface area (Å²) in [6.07, 6.45) is 4.03. The van der Waals surface area contributed by atoms with Crippen LogP contribution in [0.4, 0.5) is 5.69 Å². The number of benzene rings is 2. The minimum atomic E-state index is -0.120. The standard InChI is InChI=1S/C24H24N4OS2/c1-26-10-12-27(13-11-26)20-6-3-17(4-7-20)16-28-9-8-19-5-2-18(14-21(19)28)15-22-23(29)25-24(30)31-22/h2-9,14-15H,10-13,16H2,1H3,(H,25,29,30). The van der Waals surface area contributed by atoms with Gasteiger partial charge in [-0.1, -0.05) is 48.2 Å². The Hall–Kier alpha value is -2.61. The number of carbonyl (C=O) groups is 1. The van der Waals surface area contributed by atoms with E-state index in [1.54, 1.807) is 0 Å². The molecule has 5 nitrogen and oxygen atoms in total. The quantitative estimate of drug-likeness (QED) is 0.484. The number of carbonyl (C=O) groups excluding carboxylic acids is 1. The lowest BCUT2D eigenvalue weighted by atomic mass is 10.1. The molecule has 0 saturated carbocycles. The largest absolute Gasteiger partial charge is 0.369 e. The first kappa shape index (κ1) is 20.3. The maximum atomic E-state index is 12.0. The van der Waals surface area contributed by atoms with Gasteiger partial charge in [-0.3, -0.25) is 4.79 Å². The fourth-order valence-corrected chi connectivity index (χ4v) is 5.12. The van der Waals surface area contributed by atoms with Gasteiger partial charge in [0.2, 0.25) is 0 Å². The molecular weight excluding hydrogens is 424 g/mol. The molecule has 7 heteroatoms. The average molecular weight is 449 g/mol. The summed E-state index contributed by atoms with van der Waals surface area (Å²) in [4.78, 5) is 17.4. The summed E-state index contributed by atoms with van der Waals surface area (Å²) in [6, 6.07) is 17.3. The molecule has 1 N–H and O–H groups in total. The molecule has 0 spiro atoms. The van der Waals surface area contributed by atoms with Gasteiger partial charge in [-0.25, -0.2) is 0 Å². The van der Waals surface area contributed by atoms with Crippen molar-refractivity contribution in [2.24, 2.45) is 0 Å². The summed E-state index contributed by atoms with van der Waals surface area (Å²) >= 11 is 6.40. The molecular formula is C24H24N4OS2. The van der Waals surface area contributed by atoms with Gasteiger partial charge >= 0.3 is 0 Å². The van der Waals surface area contributed by atoms with Crippen molar-refractivity contribution in [1.82, 2.24) is 14.8 Å². The lowest BCUT2D eigenvalue weighted by Gasteiger charge is -2.34. The summed E-state index contributed by atoms with van der Waals surface area (Å²) in [5, 5.41) is 3.86. The second kappa shape index (κ2) is 8.49. The molecule has 2 aromatic carbocycles. The third kappa shape index (κ3) is 4.39. The highest BCUT2D eigenvalue weighted by Crippen LogP contribution is 2.27. The predicted octanol–water partition coefficient (Wildman–Crippen LogP) is 3.93. The van der Waals surface area contributed by atoms with Crippen molar-refractivity contribution in [3.8, 4) is 0 Å². The second-order valence-electron chi connectivity index (χ2n) is 8.07. The molecule has 0 atom stereocenters. The number of anilines is 1. The summed E-state index contributed by atoms with van der Waals surface area (Å²) in [5.41, 5.74) is 4.73. The molecule has 1 amide bonds. The van der Waals surface area contributed by atoms with Crippen molar-refractivity contribution in [3.63, 3.8) is 0 Å². The predicted molar refractivity (Wildman–Crippen MR) is 134 cm³/mol. The molecule has 2 fully saturated rings. The van der Waals surface area contributed by atoms with Crippen molar-refractivity contribution in [2.75, 3.05) is 38.1 Å². The lowest BCUT2D eigenvalue weighted by Crippen LogP contribution is -2.44. The number of thiocarbonyl (C=S) groups is 1. The summed E-state index contributed by atoms with van der Waals surface area (Å²) in [6.45, 7) is 5.20. The van der Waals surface area contributed by atoms with Gasteiger partial charge < -0.3 is 19.7 Å². The van der Waals surface area contributed by atoms with Crippen LogP contribution < -0.4 is 10.2 Å². The molecule has 1 aromatic heterocycles. The van der Waals surface area contributed by atoms with Gasteiger partial charge in [0.05, 0.1) is 4.91 Å². The number of hydrogen-bond donors (Lipinski definition) is 1. The Morgan fingerprint density at radius 3 is 2.55 bits per heavy atom. The van der Waals surface area contributed by atoms with Gasteiger partial charge in [0, 0.05) is 50.1 Å². The fraction of sp³-hybridized carbons (Fsp3) is 0.250. The van der Waals surface area contributed by atoms with E-state index in [-0.39, 0.29) is 5.91 Å². The number of nitrogens with zero attached hydrogens (tertiary/aromatic N) is 3. The van der Waals surface area contributed by atoms with Crippen LogP contribution in [-0.4, -0.2) is 52.9 Å².